The van der Waals surface area contributed by atoms with E-state index in [1.807, 2.05) is 19.9 Å². The van der Waals surface area contributed by atoms with Gasteiger partial charge in [0.2, 0.25) is 0 Å². The first kappa shape index (κ1) is 13.9. The van der Waals surface area contributed by atoms with Gasteiger partial charge < -0.3 is 10.0 Å². The van der Waals surface area contributed by atoms with Gasteiger partial charge in [0.25, 0.3) is 0 Å². The van der Waals surface area contributed by atoms with Gasteiger partial charge in [0.15, 0.2) is 5.13 Å². The van der Waals surface area contributed by atoms with Crippen molar-refractivity contribution in [2.45, 2.75) is 26.8 Å². The van der Waals surface area contributed by atoms with E-state index in [1.54, 1.807) is 17.0 Å². The third-order valence-electron chi connectivity index (χ3n) is 3.73. The molecule has 1 aliphatic rings. The minimum Gasteiger partial charge on any atom is -0.508 e. The molecule has 3 rings (SSSR count). The summed E-state index contributed by atoms with van der Waals surface area (Å²) in [6.07, 6.45) is 0.805. The number of urea groups is 1. The Balaban J connectivity index is 1.72. The number of amides is 2. The number of benzene rings is 1. The molecule has 0 bridgehead atoms. The largest absolute Gasteiger partial charge is 0.508 e. The molecule has 0 fully saturated rings. The monoisotopic (exact) mass is 303 g/mol. The van der Waals surface area contributed by atoms with Gasteiger partial charge in [-0.15, -0.1) is 11.3 Å². The zero-order valence-corrected chi connectivity index (χ0v) is 12.8. The van der Waals surface area contributed by atoms with Crippen LogP contribution in [0.3, 0.4) is 0 Å². The van der Waals surface area contributed by atoms with Crippen LogP contribution in [-0.4, -0.2) is 27.6 Å². The zero-order valence-electron chi connectivity index (χ0n) is 12.0. The highest BCUT2D eigenvalue weighted by Gasteiger charge is 2.21. The Kier molecular flexibility index (Phi) is 3.55. The summed E-state index contributed by atoms with van der Waals surface area (Å²) >= 11 is 1.49. The van der Waals surface area contributed by atoms with Crippen molar-refractivity contribution in [2.75, 3.05) is 11.9 Å². The van der Waals surface area contributed by atoms with Crippen molar-refractivity contribution < 1.29 is 9.90 Å². The summed E-state index contributed by atoms with van der Waals surface area (Å²) in [6, 6.07) is 5.20. The van der Waals surface area contributed by atoms with E-state index in [9.17, 15) is 9.90 Å². The van der Waals surface area contributed by atoms with Crippen LogP contribution in [0.2, 0.25) is 0 Å². The first-order chi connectivity index (χ1) is 10.0. The number of aromatic hydroxyl groups is 1. The normalized spacial score (nSPS) is 13.9. The van der Waals surface area contributed by atoms with Crippen LogP contribution in [0.15, 0.2) is 18.2 Å². The number of hydrogen-bond donors (Lipinski definition) is 2. The highest BCUT2D eigenvalue weighted by atomic mass is 32.1. The third-order valence-corrected chi connectivity index (χ3v) is 4.72. The number of rotatable bonds is 1. The Hall–Kier alpha value is -2.08. The highest BCUT2D eigenvalue weighted by molar-refractivity contribution is 7.15. The molecule has 2 amide bonds. The maximum Gasteiger partial charge on any atom is 0.323 e. The van der Waals surface area contributed by atoms with Crippen molar-refractivity contribution in [3.8, 4) is 5.75 Å². The molecule has 6 heteroatoms. The number of anilines is 1. The van der Waals surface area contributed by atoms with E-state index in [2.05, 4.69) is 10.3 Å². The van der Waals surface area contributed by atoms with E-state index in [0.717, 1.165) is 22.6 Å². The summed E-state index contributed by atoms with van der Waals surface area (Å²) in [7, 11) is 0. The number of aromatic nitrogens is 1. The molecule has 0 aliphatic carbocycles. The van der Waals surface area contributed by atoms with Gasteiger partial charge in [0, 0.05) is 18.0 Å². The molecule has 0 saturated carbocycles. The first-order valence-corrected chi connectivity index (χ1v) is 7.65. The number of hydrogen-bond acceptors (Lipinski definition) is 4. The Morgan fingerprint density at radius 1 is 1.38 bits per heavy atom. The van der Waals surface area contributed by atoms with Crippen LogP contribution >= 0.6 is 11.3 Å². The SMILES string of the molecule is Cc1nc(NC(=O)N2CCc3ccc(O)cc3C2)sc1C. The summed E-state index contributed by atoms with van der Waals surface area (Å²) in [5.41, 5.74) is 3.14. The lowest BCUT2D eigenvalue weighted by Gasteiger charge is -2.28. The maximum absolute atomic E-state index is 12.3. The van der Waals surface area contributed by atoms with Crippen LogP contribution in [-0.2, 0) is 13.0 Å². The molecule has 21 heavy (non-hydrogen) atoms. The first-order valence-electron chi connectivity index (χ1n) is 6.83. The molecule has 2 aromatic rings. The maximum atomic E-state index is 12.3. The summed E-state index contributed by atoms with van der Waals surface area (Å²) in [5, 5.41) is 13.0. The van der Waals surface area contributed by atoms with Crippen LogP contribution in [0.4, 0.5) is 9.93 Å². The van der Waals surface area contributed by atoms with Crippen LogP contribution in [0.25, 0.3) is 0 Å². The van der Waals surface area contributed by atoms with E-state index in [4.69, 9.17) is 0 Å². The van der Waals surface area contributed by atoms with Crippen LogP contribution < -0.4 is 5.32 Å². The Morgan fingerprint density at radius 3 is 2.90 bits per heavy atom. The Labute approximate surface area is 127 Å². The average Bonchev–Trinajstić information content (AvgIpc) is 2.76. The number of phenolic OH excluding ortho intramolecular Hbond substituents is 1. The molecular formula is C15H17N3O2S. The molecule has 2 heterocycles. The second kappa shape index (κ2) is 5.37. The van der Waals surface area contributed by atoms with Gasteiger partial charge >= 0.3 is 6.03 Å². The van der Waals surface area contributed by atoms with Crippen LogP contribution in [0, 0.1) is 13.8 Å². The molecule has 2 N–H and O–H groups in total. The number of fused-ring (bicyclic) bond motifs is 1. The number of nitrogens with zero attached hydrogens (tertiary/aromatic N) is 2. The minimum absolute atomic E-state index is 0.141. The smallest absolute Gasteiger partial charge is 0.323 e. The summed E-state index contributed by atoms with van der Waals surface area (Å²) in [5.74, 6) is 0.238. The van der Waals surface area contributed by atoms with Crippen LogP contribution in [0.1, 0.15) is 21.7 Å². The van der Waals surface area contributed by atoms with E-state index >= 15 is 0 Å². The quantitative estimate of drug-likeness (QED) is 0.851. The third kappa shape index (κ3) is 2.85. The molecule has 5 nitrogen and oxygen atoms in total. The minimum atomic E-state index is -0.141. The fraction of sp³-hybridized carbons (Fsp3) is 0.333. The van der Waals surface area contributed by atoms with Crippen molar-refractivity contribution in [2.24, 2.45) is 0 Å². The molecule has 0 saturated heterocycles. The van der Waals surface area contributed by atoms with Crippen LogP contribution in [0.5, 0.6) is 5.75 Å². The molecule has 0 unspecified atom stereocenters. The molecule has 1 aromatic heterocycles. The summed E-state index contributed by atoms with van der Waals surface area (Å²) in [6.45, 7) is 5.11. The number of nitrogens with one attached hydrogen (secondary N) is 1. The lowest BCUT2D eigenvalue weighted by atomic mass is 10.00. The van der Waals surface area contributed by atoms with E-state index in [0.29, 0.717) is 18.2 Å². The Bertz CT molecular complexity index is 677. The number of carbonyl (C=O) groups is 1. The predicted octanol–water partition coefficient (Wildman–Crippen LogP) is 3.06. The van der Waals surface area contributed by atoms with Crippen molar-refractivity contribution in [3.05, 3.63) is 39.9 Å². The van der Waals surface area contributed by atoms with E-state index in [-0.39, 0.29) is 11.8 Å². The lowest BCUT2D eigenvalue weighted by molar-refractivity contribution is 0.206. The summed E-state index contributed by atoms with van der Waals surface area (Å²) < 4.78 is 0. The van der Waals surface area contributed by atoms with Gasteiger partial charge in [-0.2, -0.15) is 0 Å². The fourth-order valence-electron chi connectivity index (χ4n) is 2.41. The van der Waals surface area contributed by atoms with Crippen molar-refractivity contribution >= 4 is 22.5 Å². The molecular weight excluding hydrogens is 286 g/mol. The molecule has 0 spiro atoms. The van der Waals surface area contributed by atoms with Crippen molar-refractivity contribution in [3.63, 3.8) is 0 Å². The average molecular weight is 303 g/mol. The van der Waals surface area contributed by atoms with Gasteiger partial charge in [-0.25, -0.2) is 9.78 Å². The fourth-order valence-corrected chi connectivity index (χ4v) is 3.22. The molecule has 0 atom stereocenters. The predicted molar refractivity (Wildman–Crippen MR) is 82.8 cm³/mol. The van der Waals surface area contributed by atoms with Crippen molar-refractivity contribution in [1.29, 1.82) is 0 Å². The Morgan fingerprint density at radius 2 is 2.19 bits per heavy atom. The van der Waals surface area contributed by atoms with Gasteiger partial charge in [0.1, 0.15) is 5.75 Å². The number of phenols is 1. The topological polar surface area (TPSA) is 65.5 Å². The number of aryl methyl sites for hydroxylation is 2. The molecule has 0 radical (unpaired) electrons. The molecule has 1 aromatic carbocycles. The van der Waals surface area contributed by atoms with Gasteiger partial charge in [-0.3, -0.25) is 5.32 Å². The number of carbonyl (C=O) groups excluding carboxylic acids is 1. The molecule has 110 valence electrons. The molecule has 1 aliphatic heterocycles. The van der Waals surface area contributed by atoms with Gasteiger partial charge in [-0.05, 0) is 43.5 Å². The highest BCUT2D eigenvalue weighted by Crippen LogP contribution is 2.25. The standard InChI is InChI=1S/C15H17N3O2S/c1-9-10(2)21-14(16-9)17-15(20)18-6-5-11-3-4-13(19)7-12(11)8-18/h3-4,7,19H,5-6,8H2,1-2H3,(H,16,17,20). The van der Waals surface area contributed by atoms with Gasteiger partial charge in [-0.1, -0.05) is 6.07 Å². The van der Waals surface area contributed by atoms with E-state index in [1.165, 1.54) is 16.9 Å². The lowest BCUT2D eigenvalue weighted by Crippen LogP contribution is -2.38. The van der Waals surface area contributed by atoms with E-state index < -0.39 is 0 Å². The number of thiazole rings is 1. The summed E-state index contributed by atoms with van der Waals surface area (Å²) in [4.78, 5) is 19.5. The zero-order chi connectivity index (χ0) is 15.0. The second-order valence-corrected chi connectivity index (χ2v) is 6.42. The van der Waals surface area contributed by atoms with Gasteiger partial charge in [0.05, 0.1) is 5.69 Å². The van der Waals surface area contributed by atoms with Crippen molar-refractivity contribution in [1.82, 2.24) is 9.88 Å². The second-order valence-electron chi connectivity index (χ2n) is 5.22.